The minimum atomic E-state index is -2.62. The van der Waals surface area contributed by atoms with Gasteiger partial charge in [0, 0.05) is 6.61 Å². The number of hydrogen-bond donors (Lipinski definition) is 6. The van der Waals surface area contributed by atoms with Gasteiger partial charge in [-0.25, -0.2) is 0 Å². The predicted molar refractivity (Wildman–Crippen MR) is 109 cm³/mol. The van der Waals surface area contributed by atoms with E-state index in [-0.39, 0.29) is 26.4 Å². The number of unbranched alkanes of at least 4 members (excludes halogenated alkanes) is 11. The molecule has 27 heavy (non-hydrogen) atoms. The van der Waals surface area contributed by atoms with E-state index in [0.29, 0.717) is 6.61 Å². The van der Waals surface area contributed by atoms with E-state index in [9.17, 15) is 15.3 Å². The Morgan fingerprint density at radius 1 is 0.630 bits per heavy atom. The molecular formula is C19H43O7P. The Hall–Kier alpha value is 0.150. The normalized spacial score (nSPS) is 11.6. The van der Waals surface area contributed by atoms with E-state index in [1.165, 1.54) is 70.6 Å². The fourth-order valence-electron chi connectivity index (χ4n) is 2.62. The summed E-state index contributed by atoms with van der Waals surface area (Å²) in [4.78, 5) is 21.7. The van der Waals surface area contributed by atoms with Crippen LogP contribution in [0.5, 0.6) is 0 Å². The summed E-state index contributed by atoms with van der Waals surface area (Å²) in [5.74, 6) is 0. The SMILES string of the molecule is CCCCCCCCCCCCCCOCC(CO)(CO)CO.OP(O)O. The molecule has 166 valence electrons. The molecule has 7 nitrogen and oxygen atoms in total. The standard InChI is InChI=1S/C19H40O4.H3O3P/c1-2-3-4-5-6-7-8-9-10-11-12-13-14-23-18-19(15-20,16-21)17-22;1-4(2)3/h20-22H,2-18H2,1H3;1-3H. The molecule has 0 bridgehead atoms. The second-order valence-electron chi connectivity index (χ2n) is 7.18. The molecule has 0 amide bonds. The Bertz CT molecular complexity index is 266. The van der Waals surface area contributed by atoms with E-state index in [1.807, 2.05) is 0 Å². The van der Waals surface area contributed by atoms with E-state index in [4.69, 9.17) is 19.4 Å². The molecule has 6 N–H and O–H groups in total. The largest absolute Gasteiger partial charge is 0.396 e. The molecule has 0 radical (unpaired) electrons. The number of hydrogen-bond acceptors (Lipinski definition) is 7. The van der Waals surface area contributed by atoms with Crippen LogP contribution in [0, 0.1) is 5.41 Å². The molecule has 0 fully saturated rings. The zero-order valence-corrected chi connectivity index (χ0v) is 18.0. The summed E-state index contributed by atoms with van der Waals surface area (Å²) in [6.07, 6.45) is 15.8. The molecule has 0 atom stereocenters. The lowest BCUT2D eigenvalue weighted by Gasteiger charge is -2.26. The highest BCUT2D eigenvalue weighted by atomic mass is 31.2. The molecule has 0 aromatic carbocycles. The van der Waals surface area contributed by atoms with E-state index < -0.39 is 14.0 Å². The smallest absolute Gasteiger partial charge is 0.324 e. The maximum absolute atomic E-state index is 9.18. The molecule has 0 aromatic heterocycles. The van der Waals surface area contributed by atoms with E-state index in [0.717, 1.165) is 6.42 Å². The molecule has 0 spiro atoms. The number of rotatable bonds is 18. The van der Waals surface area contributed by atoms with Gasteiger partial charge in [-0.2, -0.15) is 0 Å². The van der Waals surface area contributed by atoms with Crippen LogP contribution in [-0.2, 0) is 4.74 Å². The lowest BCUT2D eigenvalue weighted by molar-refractivity contribution is -0.0582. The monoisotopic (exact) mass is 414 g/mol. The van der Waals surface area contributed by atoms with Crippen LogP contribution in [0.1, 0.15) is 84.0 Å². The van der Waals surface area contributed by atoms with Crippen LogP contribution in [0.15, 0.2) is 0 Å². The van der Waals surface area contributed by atoms with Gasteiger partial charge in [-0.05, 0) is 6.42 Å². The van der Waals surface area contributed by atoms with Crippen molar-refractivity contribution in [3.05, 3.63) is 0 Å². The molecule has 0 saturated heterocycles. The second kappa shape index (κ2) is 22.4. The van der Waals surface area contributed by atoms with Gasteiger partial charge in [0.1, 0.15) is 0 Å². The van der Waals surface area contributed by atoms with Crippen LogP contribution in [0.25, 0.3) is 0 Å². The van der Waals surface area contributed by atoms with Crippen LogP contribution in [0.4, 0.5) is 0 Å². The summed E-state index contributed by atoms with van der Waals surface area (Å²) in [5, 5.41) is 27.5. The Balaban J connectivity index is 0. The van der Waals surface area contributed by atoms with Crippen molar-refractivity contribution in [2.75, 3.05) is 33.0 Å². The predicted octanol–water partition coefficient (Wildman–Crippen LogP) is 2.86. The fourth-order valence-corrected chi connectivity index (χ4v) is 2.62. The van der Waals surface area contributed by atoms with Crippen molar-refractivity contribution in [1.82, 2.24) is 0 Å². The zero-order chi connectivity index (χ0) is 20.8. The van der Waals surface area contributed by atoms with Gasteiger partial charge in [-0.15, -0.1) is 0 Å². The average molecular weight is 415 g/mol. The second-order valence-corrected chi connectivity index (χ2v) is 7.72. The van der Waals surface area contributed by atoms with Crippen molar-refractivity contribution in [3.63, 3.8) is 0 Å². The van der Waals surface area contributed by atoms with Crippen molar-refractivity contribution in [3.8, 4) is 0 Å². The van der Waals surface area contributed by atoms with Crippen molar-refractivity contribution in [2.24, 2.45) is 5.41 Å². The minimum absolute atomic E-state index is 0.217. The summed E-state index contributed by atoms with van der Waals surface area (Å²) in [6.45, 7) is 2.36. The van der Waals surface area contributed by atoms with Crippen molar-refractivity contribution in [1.29, 1.82) is 0 Å². The maximum Gasteiger partial charge on any atom is 0.324 e. The van der Waals surface area contributed by atoms with Crippen LogP contribution in [-0.4, -0.2) is 63.0 Å². The van der Waals surface area contributed by atoms with Gasteiger partial charge in [0.05, 0.1) is 31.8 Å². The third kappa shape index (κ3) is 22.3. The summed E-state index contributed by atoms with van der Waals surface area (Å²) in [5.41, 5.74) is -0.892. The first kappa shape index (κ1) is 29.4. The van der Waals surface area contributed by atoms with Crippen LogP contribution < -0.4 is 0 Å². The van der Waals surface area contributed by atoms with Crippen LogP contribution in [0.2, 0.25) is 0 Å². The van der Waals surface area contributed by atoms with Crippen molar-refractivity contribution in [2.45, 2.75) is 84.0 Å². The van der Waals surface area contributed by atoms with E-state index >= 15 is 0 Å². The first-order valence-electron chi connectivity index (χ1n) is 10.2. The van der Waals surface area contributed by atoms with Gasteiger partial charge in [0.2, 0.25) is 0 Å². The molecule has 8 heteroatoms. The number of aliphatic hydroxyl groups excluding tert-OH is 3. The van der Waals surface area contributed by atoms with Gasteiger partial charge in [-0.3, -0.25) is 0 Å². The molecular weight excluding hydrogens is 371 g/mol. The zero-order valence-electron chi connectivity index (χ0n) is 17.1. The molecule has 0 aliphatic rings. The summed E-state index contributed by atoms with van der Waals surface area (Å²) in [7, 11) is -2.62. The molecule has 0 heterocycles. The Morgan fingerprint density at radius 2 is 0.963 bits per heavy atom. The maximum atomic E-state index is 9.18. The van der Waals surface area contributed by atoms with Crippen LogP contribution in [0.3, 0.4) is 0 Å². The quantitative estimate of drug-likeness (QED) is 0.150. The van der Waals surface area contributed by atoms with Gasteiger partial charge >= 0.3 is 8.60 Å². The number of ether oxygens (including phenoxy) is 1. The van der Waals surface area contributed by atoms with E-state index in [1.54, 1.807) is 0 Å². The third-order valence-corrected chi connectivity index (χ3v) is 4.56. The minimum Gasteiger partial charge on any atom is -0.396 e. The highest BCUT2D eigenvalue weighted by Crippen LogP contribution is 2.16. The Labute approximate surface area is 166 Å². The van der Waals surface area contributed by atoms with Gasteiger partial charge < -0.3 is 34.7 Å². The molecule has 0 aliphatic heterocycles. The highest BCUT2D eigenvalue weighted by Gasteiger charge is 2.28. The van der Waals surface area contributed by atoms with Crippen molar-refractivity contribution >= 4 is 8.60 Å². The first-order valence-corrected chi connectivity index (χ1v) is 11.4. The summed E-state index contributed by atoms with van der Waals surface area (Å²) in [6, 6.07) is 0. The highest BCUT2D eigenvalue weighted by molar-refractivity contribution is 7.38. The lowest BCUT2D eigenvalue weighted by Crippen LogP contribution is -2.38. The van der Waals surface area contributed by atoms with E-state index in [2.05, 4.69) is 6.92 Å². The Kier molecular flexibility index (Phi) is 24.4. The van der Waals surface area contributed by atoms with Crippen LogP contribution >= 0.6 is 8.60 Å². The molecule has 0 saturated carbocycles. The number of aliphatic hydroxyl groups is 3. The molecule has 0 aliphatic carbocycles. The van der Waals surface area contributed by atoms with Gasteiger partial charge in [-0.1, -0.05) is 77.6 Å². The molecule has 0 rings (SSSR count). The lowest BCUT2D eigenvalue weighted by atomic mass is 9.93. The van der Waals surface area contributed by atoms with Gasteiger partial charge in [0.25, 0.3) is 0 Å². The first-order chi connectivity index (χ1) is 13.0. The topological polar surface area (TPSA) is 131 Å². The van der Waals surface area contributed by atoms with Crippen molar-refractivity contribution < 1.29 is 34.7 Å². The average Bonchev–Trinajstić information content (AvgIpc) is 2.65. The summed E-state index contributed by atoms with van der Waals surface area (Å²) >= 11 is 0. The van der Waals surface area contributed by atoms with Gasteiger partial charge in [0.15, 0.2) is 0 Å². The fraction of sp³-hybridized carbons (Fsp3) is 1.00. The molecule has 0 unspecified atom stereocenters. The third-order valence-electron chi connectivity index (χ3n) is 4.56. The Morgan fingerprint density at radius 3 is 1.30 bits per heavy atom. The summed E-state index contributed by atoms with van der Waals surface area (Å²) < 4.78 is 5.48. The molecule has 0 aromatic rings.